The van der Waals surface area contributed by atoms with Crippen molar-refractivity contribution in [3.05, 3.63) is 52.5 Å². The summed E-state index contributed by atoms with van der Waals surface area (Å²) in [6.07, 6.45) is 0.897. The molecule has 0 radical (unpaired) electrons. The molecule has 0 spiro atoms. The molecule has 2 aromatic rings. The zero-order valence-electron chi connectivity index (χ0n) is 15.5. The number of rotatable bonds is 5. The summed E-state index contributed by atoms with van der Waals surface area (Å²) in [5, 5.41) is 2.51. The number of amides is 1. The number of piperidine rings is 1. The molecule has 1 fully saturated rings. The molecule has 29 heavy (non-hydrogen) atoms. The van der Waals surface area contributed by atoms with Gasteiger partial charge in [0.25, 0.3) is 0 Å². The van der Waals surface area contributed by atoms with Gasteiger partial charge in [-0.15, -0.1) is 0 Å². The van der Waals surface area contributed by atoms with E-state index >= 15 is 0 Å². The van der Waals surface area contributed by atoms with Gasteiger partial charge in [0.05, 0.1) is 18.7 Å². The van der Waals surface area contributed by atoms with Crippen molar-refractivity contribution in [2.45, 2.75) is 17.7 Å². The Morgan fingerprint density at radius 2 is 2.00 bits per heavy atom. The molecule has 1 heterocycles. The monoisotopic (exact) mass is 488 g/mol. The summed E-state index contributed by atoms with van der Waals surface area (Å²) in [6, 6.07) is 7.49. The van der Waals surface area contributed by atoms with Crippen molar-refractivity contribution in [1.82, 2.24) is 4.31 Å². The highest BCUT2D eigenvalue weighted by atomic mass is 79.9. The second kappa shape index (κ2) is 8.76. The van der Waals surface area contributed by atoms with Gasteiger partial charge >= 0.3 is 0 Å². The summed E-state index contributed by atoms with van der Waals surface area (Å²) in [5.41, 5.74) is 0.0185. The van der Waals surface area contributed by atoms with Gasteiger partial charge in [0.15, 0.2) is 0 Å². The van der Waals surface area contributed by atoms with E-state index in [2.05, 4.69) is 21.2 Å². The van der Waals surface area contributed by atoms with Crippen LogP contribution in [0.3, 0.4) is 0 Å². The Bertz CT molecular complexity index is 1030. The van der Waals surface area contributed by atoms with Gasteiger partial charge in [-0.2, -0.15) is 4.31 Å². The minimum atomic E-state index is -4.07. The smallest absolute Gasteiger partial charge is 0.246 e. The molecule has 6 nitrogen and oxygen atoms in total. The molecule has 2 aromatic carbocycles. The molecule has 156 valence electrons. The molecule has 0 aliphatic carbocycles. The number of carbonyl (C=O) groups excluding carboxylic acids is 1. The third-order valence-electron chi connectivity index (χ3n) is 4.69. The highest BCUT2D eigenvalue weighted by Gasteiger charge is 2.35. The lowest BCUT2D eigenvalue weighted by Gasteiger charge is -2.31. The van der Waals surface area contributed by atoms with Gasteiger partial charge in [-0.1, -0.05) is 15.9 Å². The minimum Gasteiger partial charge on any atom is -0.495 e. The third-order valence-corrected chi connectivity index (χ3v) is 7.07. The summed E-state index contributed by atoms with van der Waals surface area (Å²) in [6.45, 7) is 0.102. The highest BCUT2D eigenvalue weighted by Crippen LogP contribution is 2.31. The maximum Gasteiger partial charge on any atom is 0.246 e. The predicted molar refractivity (Wildman–Crippen MR) is 107 cm³/mol. The lowest BCUT2D eigenvalue weighted by atomic mass is 9.98. The van der Waals surface area contributed by atoms with Crippen LogP contribution in [-0.2, 0) is 14.8 Å². The van der Waals surface area contributed by atoms with Crippen LogP contribution in [0.2, 0.25) is 0 Å². The Hall–Kier alpha value is -2.04. The molecular formula is C19H19BrF2N2O4S. The number of ether oxygens (including phenoxy) is 1. The van der Waals surface area contributed by atoms with Gasteiger partial charge in [-0.25, -0.2) is 17.2 Å². The van der Waals surface area contributed by atoms with E-state index in [0.29, 0.717) is 17.3 Å². The molecule has 1 atom stereocenters. The van der Waals surface area contributed by atoms with Gasteiger partial charge in [0.1, 0.15) is 22.3 Å². The number of nitrogens with one attached hydrogen (secondary N) is 1. The van der Waals surface area contributed by atoms with Crippen LogP contribution in [0.1, 0.15) is 12.8 Å². The molecule has 0 saturated carbocycles. The van der Waals surface area contributed by atoms with Crippen molar-refractivity contribution < 1.29 is 26.7 Å². The van der Waals surface area contributed by atoms with E-state index in [1.807, 2.05) is 0 Å². The van der Waals surface area contributed by atoms with Crippen molar-refractivity contribution in [2.75, 3.05) is 25.5 Å². The number of nitrogens with zero attached hydrogens (tertiary/aromatic N) is 1. The fourth-order valence-corrected chi connectivity index (χ4v) is 5.22. The van der Waals surface area contributed by atoms with Crippen LogP contribution >= 0.6 is 15.9 Å². The van der Waals surface area contributed by atoms with Gasteiger partial charge in [-0.05, 0) is 49.2 Å². The van der Waals surface area contributed by atoms with Gasteiger partial charge in [0, 0.05) is 17.6 Å². The van der Waals surface area contributed by atoms with E-state index in [0.717, 1.165) is 16.4 Å². The Morgan fingerprint density at radius 3 is 2.69 bits per heavy atom. The van der Waals surface area contributed by atoms with E-state index in [1.165, 1.54) is 25.3 Å². The van der Waals surface area contributed by atoms with Crippen molar-refractivity contribution >= 4 is 37.5 Å². The van der Waals surface area contributed by atoms with Crippen LogP contribution in [0.5, 0.6) is 5.75 Å². The van der Waals surface area contributed by atoms with Crippen LogP contribution < -0.4 is 10.1 Å². The van der Waals surface area contributed by atoms with Crippen LogP contribution in [0.4, 0.5) is 14.5 Å². The molecular weight excluding hydrogens is 470 g/mol. The average molecular weight is 489 g/mol. The molecule has 1 saturated heterocycles. The van der Waals surface area contributed by atoms with Gasteiger partial charge in [0.2, 0.25) is 15.9 Å². The lowest BCUT2D eigenvalue weighted by molar-refractivity contribution is -0.120. The first-order valence-corrected chi connectivity index (χ1v) is 11.1. The normalized spacial score (nSPS) is 17.7. The summed E-state index contributed by atoms with van der Waals surface area (Å²) in [7, 11) is -2.78. The van der Waals surface area contributed by atoms with Crippen LogP contribution in [0, 0.1) is 17.6 Å². The number of halogens is 3. The van der Waals surface area contributed by atoms with E-state index in [1.54, 1.807) is 6.07 Å². The first-order chi connectivity index (χ1) is 13.7. The zero-order valence-corrected chi connectivity index (χ0v) is 17.9. The second-order valence-electron chi connectivity index (χ2n) is 6.61. The first kappa shape index (κ1) is 21.7. The maximum absolute atomic E-state index is 14.0. The summed E-state index contributed by atoms with van der Waals surface area (Å²) >= 11 is 3.14. The number of carbonyl (C=O) groups is 1. The number of benzene rings is 2. The third kappa shape index (κ3) is 4.76. The van der Waals surface area contributed by atoms with Crippen molar-refractivity contribution in [2.24, 2.45) is 5.92 Å². The lowest BCUT2D eigenvalue weighted by Crippen LogP contribution is -2.43. The highest BCUT2D eigenvalue weighted by molar-refractivity contribution is 9.10. The SMILES string of the molecule is COc1ccc(F)cc1S(=O)(=O)N1CCC[C@@H](C(=O)Nc2ccc(Br)cc2F)C1. The minimum absolute atomic E-state index is 0.0185. The number of hydrogen-bond donors (Lipinski definition) is 1. The Morgan fingerprint density at radius 1 is 1.24 bits per heavy atom. The van der Waals surface area contributed by atoms with Crippen molar-refractivity contribution in [3.63, 3.8) is 0 Å². The number of methoxy groups -OCH3 is 1. The average Bonchev–Trinajstić information content (AvgIpc) is 2.70. The number of hydrogen-bond acceptors (Lipinski definition) is 4. The predicted octanol–water partition coefficient (Wildman–Crippen LogP) is 3.78. The Balaban J connectivity index is 1.79. The number of anilines is 1. The second-order valence-corrected chi connectivity index (χ2v) is 9.43. The molecule has 1 aliphatic heterocycles. The van der Waals surface area contributed by atoms with Gasteiger partial charge < -0.3 is 10.1 Å². The van der Waals surface area contributed by atoms with E-state index < -0.39 is 33.5 Å². The first-order valence-electron chi connectivity index (χ1n) is 8.82. The molecule has 1 aliphatic rings. The molecule has 0 unspecified atom stereocenters. The van der Waals surface area contributed by atoms with Crippen molar-refractivity contribution in [3.8, 4) is 5.75 Å². The molecule has 0 bridgehead atoms. The van der Waals surface area contributed by atoms with Crippen LogP contribution in [0.15, 0.2) is 45.8 Å². The molecule has 0 aromatic heterocycles. The fourth-order valence-electron chi connectivity index (χ4n) is 3.19. The molecule has 3 rings (SSSR count). The van der Waals surface area contributed by atoms with Gasteiger partial charge in [-0.3, -0.25) is 4.79 Å². The number of sulfonamides is 1. The summed E-state index contributed by atoms with van der Waals surface area (Å²) in [5.74, 6) is -2.42. The fraction of sp³-hybridized carbons (Fsp3) is 0.316. The molecule has 1 amide bonds. The zero-order chi connectivity index (χ0) is 21.2. The maximum atomic E-state index is 14.0. The standard InChI is InChI=1S/C19H19BrF2N2O4S/c1-28-17-7-5-14(21)10-18(17)29(26,27)24-8-2-3-12(11-24)19(25)23-16-6-4-13(20)9-15(16)22/h4-7,9-10,12H,2-3,8,11H2,1H3,(H,23,25)/t12-/m1/s1. The van der Waals surface area contributed by atoms with Crippen LogP contribution in [0.25, 0.3) is 0 Å². The topological polar surface area (TPSA) is 75.7 Å². The Kier molecular flexibility index (Phi) is 6.55. The Labute approximate surface area is 176 Å². The van der Waals surface area contributed by atoms with Crippen LogP contribution in [-0.4, -0.2) is 38.8 Å². The van der Waals surface area contributed by atoms with E-state index in [9.17, 15) is 22.0 Å². The van der Waals surface area contributed by atoms with E-state index in [-0.39, 0.29) is 29.4 Å². The molecule has 1 N–H and O–H groups in total. The van der Waals surface area contributed by atoms with E-state index in [4.69, 9.17) is 4.74 Å². The summed E-state index contributed by atoms with van der Waals surface area (Å²) in [4.78, 5) is 12.3. The quantitative estimate of drug-likeness (QED) is 0.694. The summed E-state index contributed by atoms with van der Waals surface area (Å²) < 4.78 is 60.4. The largest absolute Gasteiger partial charge is 0.495 e. The van der Waals surface area contributed by atoms with Crippen molar-refractivity contribution in [1.29, 1.82) is 0 Å². The molecule has 10 heteroatoms.